The van der Waals surface area contributed by atoms with Crippen LogP contribution in [-0.4, -0.2) is 23.1 Å². The SMILES string of the molecule is Fc1ccc(CCNc2cc(NCCc3ccccc3F)ncn2)cc1. The fraction of sp³-hybridized carbons (Fsp3) is 0.200. The van der Waals surface area contributed by atoms with Crippen LogP contribution < -0.4 is 10.6 Å². The van der Waals surface area contributed by atoms with Gasteiger partial charge >= 0.3 is 0 Å². The van der Waals surface area contributed by atoms with Crippen LogP contribution in [0.5, 0.6) is 0 Å². The van der Waals surface area contributed by atoms with Crippen LogP contribution in [0.4, 0.5) is 20.4 Å². The maximum Gasteiger partial charge on any atom is 0.131 e. The molecule has 2 N–H and O–H groups in total. The van der Waals surface area contributed by atoms with Crippen molar-refractivity contribution in [1.29, 1.82) is 0 Å². The molecule has 0 aliphatic carbocycles. The van der Waals surface area contributed by atoms with Gasteiger partial charge in [-0.15, -0.1) is 0 Å². The standard InChI is InChI=1S/C20H20F2N4/c21-17-7-5-15(6-8-17)9-11-23-19-13-20(26-14-25-19)24-12-10-16-3-1-2-4-18(16)22/h1-8,13-14H,9-12H2,(H2,23,24,25,26). The highest BCUT2D eigenvalue weighted by Gasteiger charge is 2.02. The lowest BCUT2D eigenvalue weighted by Gasteiger charge is -2.09. The highest BCUT2D eigenvalue weighted by Crippen LogP contribution is 2.11. The van der Waals surface area contributed by atoms with Gasteiger partial charge < -0.3 is 10.6 Å². The number of nitrogens with zero attached hydrogens (tertiary/aromatic N) is 2. The summed E-state index contributed by atoms with van der Waals surface area (Å²) in [6.07, 6.45) is 2.82. The van der Waals surface area contributed by atoms with E-state index in [2.05, 4.69) is 20.6 Å². The number of halogens is 2. The van der Waals surface area contributed by atoms with Gasteiger partial charge in [-0.1, -0.05) is 30.3 Å². The number of nitrogens with one attached hydrogen (secondary N) is 2. The summed E-state index contributed by atoms with van der Waals surface area (Å²) >= 11 is 0. The van der Waals surface area contributed by atoms with Gasteiger partial charge in [-0.25, -0.2) is 18.7 Å². The van der Waals surface area contributed by atoms with Crippen molar-refractivity contribution >= 4 is 11.6 Å². The summed E-state index contributed by atoms with van der Waals surface area (Å²) in [5.41, 5.74) is 1.72. The maximum atomic E-state index is 13.6. The van der Waals surface area contributed by atoms with Gasteiger partial charge in [0.15, 0.2) is 0 Å². The molecule has 0 saturated carbocycles. The fourth-order valence-electron chi connectivity index (χ4n) is 2.56. The molecule has 0 fully saturated rings. The summed E-state index contributed by atoms with van der Waals surface area (Å²) in [4.78, 5) is 8.35. The van der Waals surface area contributed by atoms with E-state index in [1.54, 1.807) is 24.3 Å². The number of rotatable bonds is 8. The average Bonchev–Trinajstić information content (AvgIpc) is 2.65. The third-order valence-electron chi connectivity index (χ3n) is 3.96. The second-order valence-electron chi connectivity index (χ2n) is 5.86. The van der Waals surface area contributed by atoms with E-state index >= 15 is 0 Å². The second kappa shape index (κ2) is 8.89. The second-order valence-corrected chi connectivity index (χ2v) is 5.86. The Balaban J connectivity index is 1.47. The molecule has 0 aliphatic rings. The van der Waals surface area contributed by atoms with Crippen molar-refractivity contribution in [2.45, 2.75) is 12.8 Å². The van der Waals surface area contributed by atoms with Crippen molar-refractivity contribution in [3.8, 4) is 0 Å². The van der Waals surface area contributed by atoms with E-state index in [1.165, 1.54) is 24.5 Å². The molecule has 3 rings (SSSR count). The van der Waals surface area contributed by atoms with E-state index in [0.717, 1.165) is 12.0 Å². The molecular weight excluding hydrogens is 334 g/mol. The molecule has 1 aromatic heterocycles. The maximum absolute atomic E-state index is 13.6. The monoisotopic (exact) mass is 354 g/mol. The summed E-state index contributed by atoms with van der Waals surface area (Å²) < 4.78 is 26.5. The minimum absolute atomic E-state index is 0.194. The molecule has 0 atom stereocenters. The summed E-state index contributed by atoms with van der Waals surface area (Å²) in [7, 11) is 0. The van der Waals surface area contributed by atoms with Crippen LogP contribution in [0.15, 0.2) is 60.9 Å². The summed E-state index contributed by atoms with van der Waals surface area (Å²) in [6.45, 7) is 1.25. The molecule has 6 heteroatoms. The van der Waals surface area contributed by atoms with E-state index in [-0.39, 0.29) is 11.6 Å². The molecule has 0 saturated heterocycles. The van der Waals surface area contributed by atoms with Gasteiger partial charge in [0.1, 0.15) is 29.6 Å². The van der Waals surface area contributed by atoms with Crippen LogP contribution in [0.3, 0.4) is 0 Å². The Morgan fingerprint density at radius 2 is 1.42 bits per heavy atom. The number of anilines is 2. The Morgan fingerprint density at radius 3 is 2.12 bits per heavy atom. The Kier molecular flexibility index (Phi) is 6.09. The predicted octanol–water partition coefficient (Wildman–Crippen LogP) is 4.06. The van der Waals surface area contributed by atoms with Crippen molar-refractivity contribution in [3.05, 3.63) is 83.7 Å². The topological polar surface area (TPSA) is 49.8 Å². The molecule has 0 spiro atoms. The molecule has 4 nitrogen and oxygen atoms in total. The first kappa shape index (κ1) is 17.8. The summed E-state index contributed by atoms with van der Waals surface area (Å²) in [5, 5.41) is 6.40. The summed E-state index contributed by atoms with van der Waals surface area (Å²) in [6, 6.07) is 15.0. The van der Waals surface area contributed by atoms with Crippen LogP contribution in [0, 0.1) is 11.6 Å². The average molecular weight is 354 g/mol. The lowest BCUT2D eigenvalue weighted by molar-refractivity contribution is 0.610. The Morgan fingerprint density at radius 1 is 0.769 bits per heavy atom. The lowest BCUT2D eigenvalue weighted by Crippen LogP contribution is -2.10. The van der Waals surface area contributed by atoms with Crippen molar-refractivity contribution < 1.29 is 8.78 Å². The van der Waals surface area contributed by atoms with E-state index < -0.39 is 0 Å². The van der Waals surface area contributed by atoms with E-state index in [0.29, 0.717) is 36.7 Å². The van der Waals surface area contributed by atoms with E-state index in [1.807, 2.05) is 12.1 Å². The molecule has 0 bridgehead atoms. The van der Waals surface area contributed by atoms with Crippen LogP contribution >= 0.6 is 0 Å². The van der Waals surface area contributed by atoms with Gasteiger partial charge in [-0.3, -0.25) is 0 Å². The Labute approximate surface area is 151 Å². The molecule has 0 unspecified atom stereocenters. The zero-order valence-electron chi connectivity index (χ0n) is 14.3. The van der Waals surface area contributed by atoms with Gasteiger partial charge in [0.05, 0.1) is 0 Å². The number of hydrogen-bond acceptors (Lipinski definition) is 4. The molecule has 0 aliphatic heterocycles. The largest absolute Gasteiger partial charge is 0.370 e. The van der Waals surface area contributed by atoms with Crippen molar-refractivity contribution in [1.82, 2.24) is 9.97 Å². The van der Waals surface area contributed by atoms with Gasteiger partial charge in [0.2, 0.25) is 0 Å². The Hall–Kier alpha value is -3.02. The fourth-order valence-corrected chi connectivity index (χ4v) is 2.56. The summed E-state index contributed by atoms with van der Waals surface area (Å²) in [5.74, 6) is 0.958. The molecule has 3 aromatic rings. The predicted molar refractivity (Wildman–Crippen MR) is 99.2 cm³/mol. The van der Waals surface area contributed by atoms with Crippen LogP contribution in [0.2, 0.25) is 0 Å². The lowest BCUT2D eigenvalue weighted by atomic mass is 10.1. The Bertz CT molecular complexity index is 837. The molecule has 1 heterocycles. The first-order chi connectivity index (χ1) is 12.7. The smallest absolute Gasteiger partial charge is 0.131 e. The van der Waals surface area contributed by atoms with Gasteiger partial charge in [0.25, 0.3) is 0 Å². The third kappa shape index (κ3) is 5.24. The number of benzene rings is 2. The normalized spacial score (nSPS) is 10.5. The van der Waals surface area contributed by atoms with Crippen molar-refractivity contribution in [3.63, 3.8) is 0 Å². The number of hydrogen-bond donors (Lipinski definition) is 2. The highest BCUT2D eigenvalue weighted by molar-refractivity contribution is 5.46. The van der Waals surface area contributed by atoms with Crippen LogP contribution in [0.1, 0.15) is 11.1 Å². The number of aromatic nitrogens is 2. The zero-order valence-corrected chi connectivity index (χ0v) is 14.3. The minimum Gasteiger partial charge on any atom is -0.370 e. The molecular formula is C20H20F2N4. The molecule has 26 heavy (non-hydrogen) atoms. The minimum atomic E-state index is -0.233. The van der Waals surface area contributed by atoms with Gasteiger partial charge in [-0.05, 0) is 42.2 Å². The highest BCUT2D eigenvalue weighted by atomic mass is 19.1. The van der Waals surface area contributed by atoms with Gasteiger partial charge in [0, 0.05) is 19.2 Å². The quantitative estimate of drug-likeness (QED) is 0.640. The van der Waals surface area contributed by atoms with Crippen molar-refractivity contribution in [2.24, 2.45) is 0 Å². The third-order valence-corrected chi connectivity index (χ3v) is 3.96. The molecule has 134 valence electrons. The molecule has 0 radical (unpaired) electrons. The first-order valence-electron chi connectivity index (χ1n) is 8.48. The first-order valence-corrected chi connectivity index (χ1v) is 8.48. The van der Waals surface area contributed by atoms with Gasteiger partial charge in [-0.2, -0.15) is 0 Å². The zero-order chi connectivity index (χ0) is 18.2. The van der Waals surface area contributed by atoms with Crippen molar-refractivity contribution in [2.75, 3.05) is 23.7 Å². The molecule has 0 amide bonds. The van der Waals surface area contributed by atoms with Crippen LogP contribution in [0.25, 0.3) is 0 Å². The van der Waals surface area contributed by atoms with Crippen LogP contribution in [-0.2, 0) is 12.8 Å². The molecule has 2 aromatic carbocycles. The van der Waals surface area contributed by atoms with E-state index in [9.17, 15) is 8.78 Å². The van der Waals surface area contributed by atoms with E-state index in [4.69, 9.17) is 0 Å².